The Morgan fingerprint density at radius 2 is 2.33 bits per heavy atom. The minimum Gasteiger partial charge on any atom is -0.357 e. The molecule has 0 saturated carbocycles. The molecule has 96 valence electrons. The maximum Gasteiger partial charge on any atom is 0.247 e. The molecule has 2 heterocycles. The van der Waals surface area contributed by atoms with Gasteiger partial charge in [0.1, 0.15) is 6.04 Å². The molecule has 0 radical (unpaired) electrons. The van der Waals surface area contributed by atoms with Gasteiger partial charge < -0.3 is 10.2 Å². The van der Waals surface area contributed by atoms with Crippen LogP contribution in [-0.4, -0.2) is 18.5 Å². The molecule has 1 N–H and O–H groups in total. The van der Waals surface area contributed by atoms with Gasteiger partial charge in [0, 0.05) is 6.54 Å². The van der Waals surface area contributed by atoms with Crippen LogP contribution in [0.15, 0.2) is 18.2 Å². The molecule has 4 heteroatoms. The summed E-state index contributed by atoms with van der Waals surface area (Å²) in [5.41, 5.74) is 1.84. The summed E-state index contributed by atoms with van der Waals surface area (Å²) in [6, 6.07) is 5.64. The number of hydrogen-bond acceptors (Lipinski definition) is 2. The molecule has 1 amide bonds. The lowest BCUT2D eigenvalue weighted by Gasteiger charge is -2.44. The van der Waals surface area contributed by atoms with E-state index in [1.807, 2.05) is 18.2 Å². The fourth-order valence-corrected chi connectivity index (χ4v) is 3.33. The monoisotopic (exact) mass is 264 g/mol. The highest BCUT2D eigenvalue weighted by molar-refractivity contribution is 6.34. The molecule has 0 bridgehead atoms. The molecule has 2 aliphatic rings. The van der Waals surface area contributed by atoms with E-state index in [1.165, 1.54) is 0 Å². The highest BCUT2D eigenvalue weighted by Gasteiger charge is 2.38. The Morgan fingerprint density at radius 3 is 3.11 bits per heavy atom. The third kappa shape index (κ3) is 1.77. The van der Waals surface area contributed by atoms with Crippen LogP contribution in [0.4, 0.5) is 11.4 Å². The molecule has 1 aromatic carbocycles. The van der Waals surface area contributed by atoms with E-state index in [0.717, 1.165) is 42.2 Å². The number of carbonyl (C=O) groups excluding carboxylic acids is 1. The molecule has 1 fully saturated rings. The average Bonchev–Trinajstić information content (AvgIpc) is 2.38. The number of nitrogens with one attached hydrogen (secondary N) is 1. The molecule has 0 aliphatic carbocycles. The van der Waals surface area contributed by atoms with E-state index in [1.54, 1.807) is 0 Å². The molecule has 2 unspecified atom stereocenters. The number of para-hydroxylation sites is 1. The zero-order valence-electron chi connectivity index (χ0n) is 10.4. The van der Waals surface area contributed by atoms with Crippen molar-refractivity contribution >= 4 is 28.9 Å². The third-order valence-corrected chi connectivity index (χ3v) is 4.43. The van der Waals surface area contributed by atoms with Crippen molar-refractivity contribution in [3.8, 4) is 0 Å². The summed E-state index contributed by atoms with van der Waals surface area (Å²) in [5.74, 6) is 0.768. The molecular weight excluding hydrogens is 248 g/mol. The van der Waals surface area contributed by atoms with Gasteiger partial charge in [0.25, 0.3) is 0 Å². The van der Waals surface area contributed by atoms with E-state index in [0.29, 0.717) is 5.92 Å². The van der Waals surface area contributed by atoms with Gasteiger partial charge in [-0.2, -0.15) is 0 Å². The molecule has 3 nitrogen and oxygen atoms in total. The van der Waals surface area contributed by atoms with Crippen LogP contribution in [0.2, 0.25) is 5.02 Å². The standard InChI is InChI=1S/C14H17ClN2O/c1-2-9-6-7-17-12(8-9)14(18)16-11-5-3-4-10(15)13(11)17/h3-5,9,12H,2,6-8H2,1H3,(H,16,18). The maximum atomic E-state index is 12.2. The number of fused-ring (bicyclic) bond motifs is 3. The molecular formula is C14H17ClN2O. The average molecular weight is 265 g/mol. The van der Waals surface area contributed by atoms with Crippen molar-refractivity contribution in [3.63, 3.8) is 0 Å². The molecule has 0 aromatic heterocycles. The highest BCUT2D eigenvalue weighted by Crippen LogP contribution is 2.42. The maximum absolute atomic E-state index is 12.2. The minimum absolute atomic E-state index is 0.0453. The van der Waals surface area contributed by atoms with Crippen LogP contribution in [0.5, 0.6) is 0 Å². The Balaban J connectivity index is 2.00. The van der Waals surface area contributed by atoms with Crippen LogP contribution >= 0.6 is 11.6 Å². The smallest absolute Gasteiger partial charge is 0.247 e. The number of piperidine rings is 1. The number of halogens is 1. The summed E-state index contributed by atoms with van der Waals surface area (Å²) < 4.78 is 0. The highest BCUT2D eigenvalue weighted by atomic mass is 35.5. The predicted molar refractivity (Wildman–Crippen MR) is 74.2 cm³/mol. The van der Waals surface area contributed by atoms with Gasteiger partial charge in [-0.05, 0) is 30.9 Å². The first-order valence-corrected chi connectivity index (χ1v) is 6.94. The van der Waals surface area contributed by atoms with Gasteiger partial charge in [-0.1, -0.05) is 31.0 Å². The van der Waals surface area contributed by atoms with Crippen LogP contribution in [0, 0.1) is 5.92 Å². The van der Waals surface area contributed by atoms with Gasteiger partial charge in [-0.15, -0.1) is 0 Å². The molecule has 1 aromatic rings. The van der Waals surface area contributed by atoms with E-state index in [-0.39, 0.29) is 11.9 Å². The van der Waals surface area contributed by atoms with Crippen LogP contribution in [0.3, 0.4) is 0 Å². The minimum atomic E-state index is -0.0453. The van der Waals surface area contributed by atoms with Crippen LogP contribution < -0.4 is 10.2 Å². The second-order valence-electron chi connectivity index (χ2n) is 5.13. The van der Waals surface area contributed by atoms with E-state index in [2.05, 4.69) is 17.1 Å². The number of rotatable bonds is 1. The summed E-state index contributed by atoms with van der Waals surface area (Å²) >= 11 is 6.29. The van der Waals surface area contributed by atoms with Crippen molar-refractivity contribution in [1.29, 1.82) is 0 Å². The lowest BCUT2D eigenvalue weighted by atomic mass is 9.87. The summed E-state index contributed by atoms with van der Waals surface area (Å²) in [6.07, 6.45) is 3.23. The lowest BCUT2D eigenvalue weighted by molar-refractivity contribution is -0.118. The van der Waals surface area contributed by atoms with Gasteiger partial charge in [0.2, 0.25) is 5.91 Å². The van der Waals surface area contributed by atoms with E-state index >= 15 is 0 Å². The topological polar surface area (TPSA) is 32.3 Å². The quantitative estimate of drug-likeness (QED) is 0.844. The normalized spacial score (nSPS) is 26.3. The fraction of sp³-hybridized carbons (Fsp3) is 0.500. The summed E-state index contributed by atoms with van der Waals surface area (Å²) in [5, 5.41) is 3.71. The molecule has 3 rings (SSSR count). The van der Waals surface area contributed by atoms with E-state index in [9.17, 15) is 4.79 Å². The number of carbonyl (C=O) groups is 1. The van der Waals surface area contributed by atoms with Gasteiger partial charge in [-0.3, -0.25) is 4.79 Å². The van der Waals surface area contributed by atoms with Crippen molar-refractivity contribution in [2.24, 2.45) is 5.92 Å². The number of benzene rings is 1. The SMILES string of the molecule is CCC1CCN2c3c(Cl)cccc3NC(=O)C2C1. The van der Waals surface area contributed by atoms with Crippen LogP contribution in [0.1, 0.15) is 26.2 Å². The first kappa shape index (κ1) is 11.8. The Kier molecular flexibility index (Phi) is 2.94. The third-order valence-electron chi connectivity index (χ3n) is 4.12. The zero-order chi connectivity index (χ0) is 12.7. The second kappa shape index (κ2) is 4.47. The van der Waals surface area contributed by atoms with Crippen molar-refractivity contribution in [1.82, 2.24) is 0 Å². The Hall–Kier alpha value is -1.22. The molecule has 0 spiro atoms. The Morgan fingerprint density at radius 1 is 1.50 bits per heavy atom. The molecule has 2 aliphatic heterocycles. The zero-order valence-corrected chi connectivity index (χ0v) is 11.2. The fourth-order valence-electron chi connectivity index (χ4n) is 3.05. The molecule has 18 heavy (non-hydrogen) atoms. The summed E-state index contributed by atoms with van der Waals surface area (Å²) in [6.45, 7) is 3.12. The number of hydrogen-bond donors (Lipinski definition) is 1. The van der Waals surface area contributed by atoms with Gasteiger partial charge >= 0.3 is 0 Å². The number of amides is 1. The number of nitrogens with zero attached hydrogens (tertiary/aromatic N) is 1. The summed E-state index contributed by atoms with van der Waals surface area (Å²) in [7, 11) is 0. The van der Waals surface area contributed by atoms with E-state index in [4.69, 9.17) is 11.6 Å². The van der Waals surface area contributed by atoms with Crippen molar-refractivity contribution in [3.05, 3.63) is 23.2 Å². The summed E-state index contributed by atoms with van der Waals surface area (Å²) in [4.78, 5) is 14.4. The predicted octanol–water partition coefficient (Wildman–Crippen LogP) is 3.29. The lowest BCUT2D eigenvalue weighted by Crippen LogP contribution is -2.52. The molecule has 2 atom stereocenters. The van der Waals surface area contributed by atoms with E-state index < -0.39 is 0 Å². The number of anilines is 2. The largest absolute Gasteiger partial charge is 0.357 e. The van der Waals surface area contributed by atoms with Gasteiger partial charge in [-0.25, -0.2) is 0 Å². The Bertz CT molecular complexity index is 489. The van der Waals surface area contributed by atoms with Crippen LogP contribution in [0.25, 0.3) is 0 Å². The Labute approximate surface area is 112 Å². The van der Waals surface area contributed by atoms with Crippen molar-refractivity contribution < 1.29 is 4.79 Å². The first-order valence-electron chi connectivity index (χ1n) is 6.56. The van der Waals surface area contributed by atoms with Crippen LogP contribution in [-0.2, 0) is 4.79 Å². The van der Waals surface area contributed by atoms with Gasteiger partial charge in [0.05, 0.1) is 16.4 Å². The molecule has 1 saturated heterocycles. The second-order valence-corrected chi connectivity index (χ2v) is 5.54. The van der Waals surface area contributed by atoms with Crippen molar-refractivity contribution in [2.45, 2.75) is 32.2 Å². The first-order chi connectivity index (χ1) is 8.70. The van der Waals surface area contributed by atoms with Crippen molar-refractivity contribution in [2.75, 3.05) is 16.8 Å². The van der Waals surface area contributed by atoms with Gasteiger partial charge in [0.15, 0.2) is 0 Å².